The third-order valence-electron chi connectivity index (χ3n) is 1.89. The molecule has 7 nitrogen and oxygen atoms in total. The molecule has 2 amide bonds. The van der Waals surface area contributed by atoms with Crippen molar-refractivity contribution < 1.29 is 19.4 Å². The van der Waals surface area contributed by atoms with Crippen LogP contribution in [0.3, 0.4) is 0 Å². The number of hydrazone groups is 1. The highest BCUT2D eigenvalue weighted by Gasteiger charge is 2.09. The van der Waals surface area contributed by atoms with E-state index >= 15 is 0 Å². The topological polar surface area (TPSA) is 106 Å². The minimum absolute atomic E-state index is 0.102. The van der Waals surface area contributed by atoms with Crippen molar-refractivity contribution in [1.29, 1.82) is 0 Å². The number of ether oxygens (including phenoxy) is 2. The first-order valence-electron chi connectivity index (χ1n) is 4.62. The molecule has 0 spiro atoms. The second-order valence-electron chi connectivity index (χ2n) is 3.01. The fourth-order valence-corrected chi connectivity index (χ4v) is 1.16. The molecule has 1 rings (SSSR count). The van der Waals surface area contributed by atoms with Crippen molar-refractivity contribution in [2.24, 2.45) is 10.8 Å². The Hall–Kier alpha value is -2.44. The number of hydrogen-bond acceptors (Lipinski definition) is 5. The van der Waals surface area contributed by atoms with Crippen molar-refractivity contribution in [3.63, 3.8) is 0 Å². The number of phenols is 1. The van der Waals surface area contributed by atoms with E-state index in [-0.39, 0.29) is 17.2 Å². The summed E-state index contributed by atoms with van der Waals surface area (Å²) in [5.74, 6) is 0.379. The SMILES string of the molecule is COc1cc(/C=N/NC(N)=O)cc(OC)c1O. The predicted molar refractivity (Wildman–Crippen MR) is 61.5 cm³/mol. The summed E-state index contributed by atoms with van der Waals surface area (Å²) in [6.07, 6.45) is 1.34. The van der Waals surface area contributed by atoms with E-state index in [1.54, 1.807) is 0 Å². The van der Waals surface area contributed by atoms with Crippen LogP contribution in [0.25, 0.3) is 0 Å². The van der Waals surface area contributed by atoms with E-state index in [0.29, 0.717) is 5.56 Å². The maximum Gasteiger partial charge on any atom is 0.332 e. The van der Waals surface area contributed by atoms with E-state index in [1.807, 2.05) is 5.43 Å². The lowest BCUT2D eigenvalue weighted by atomic mass is 10.2. The Morgan fingerprint density at radius 1 is 1.41 bits per heavy atom. The lowest BCUT2D eigenvalue weighted by molar-refractivity contribution is 0.249. The Morgan fingerprint density at radius 2 is 1.94 bits per heavy atom. The molecule has 0 aliphatic rings. The van der Waals surface area contributed by atoms with Gasteiger partial charge in [-0.05, 0) is 12.1 Å². The Bertz CT molecular complexity index is 420. The van der Waals surface area contributed by atoms with Crippen molar-refractivity contribution in [1.82, 2.24) is 5.43 Å². The van der Waals surface area contributed by atoms with Crippen molar-refractivity contribution in [3.8, 4) is 17.2 Å². The van der Waals surface area contributed by atoms with Gasteiger partial charge in [-0.2, -0.15) is 5.10 Å². The number of carbonyl (C=O) groups excluding carboxylic acids is 1. The smallest absolute Gasteiger partial charge is 0.332 e. The predicted octanol–water partition coefficient (Wildman–Crippen LogP) is 0.412. The summed E-state index contributed by atoms with van der Waals surface area (Å²) in [6.45, 7) is 0. The van der Waals surface area contributed by atoms with Gasteiger partial charge in [-0.3, -0.25) is 0 Å². The maximum atomic E-state index is 10.4. The summed E-state index contributed by atoms with van der Waals surface area (Å²) in [7, 11) is 2.83. The lowest BCUT2D eigenvalue weighted by Crippen LogP contribution is -2.24. The molecule has 0 aliphatic carbocycles. The average Bonchev–Trinajstić information content (AvgIpc) is 2.30. The van der Waals surface area contributed by atoms with Gasteiger partial charge >= 0.3 is 6.03 Å². The number of hydrogen-bond donors (Lipinski definition) is 3. The highest BCUT2D eigenvalue weighted by molar-refractivity contribution is 5.83. The number of nitrogens with one attached hydrogen (secondary N) is 1. The number of nitrogens with zero attached hydrogens (tertiary/aromatic N) is 1. The molecular weight excluding hydrogens is 226 g/mol. The van der Waals surface area contributed by atoms with Gasteiger partial charge < -0.3 is 20.3 Å². The van der Waals surface area contributed by atoms with E-state index in [0.717, 1.165) is 0 Å². The van der Waals surface area contributed by atoms with E-state index < -0.39 is 6.03 Å². The molecule has 17 heavy (non-hydrogen) atoms. The number of aromatic hydroxyl groups is 1. The number of amides is 2. The minimum atomic E-state index is -0.765. The van der Waals surface area contributed by atoms with Gasteiger partial charge in [0.1, 0.15) is 0 Å². The quantitative estimate of drug-likeness (QED) is 0.522. The van der Waals surface area contributed by atoms with Gasteiger partial charge in [0.05, 0.1) is 20.4 Å². The van der Waals surface area contributed by atoms with Crippen LogP contribution in [-0.2, 0) is 0 Å². The second kappa shape index (κ2) is 5.59. The van der Waals surface area contributed by atoms with Crippen molar-refractivity contribution in [2.75, 3.05) is 14.2 Å². The zero-order valence-corrected chi connectivity index (χ0v) is 9.43. The molecule has 7 heteroatoms. The van der Waals surface area contributed by atoms with Crippen LogP contribution in [0.5, 0.6) is 17.2 Å². The van der Waals surface area contributed by atoms with E-state index in [9.17, 15) is 9.90 Å². The third kappa shape index (κ3) is 3.26. The van der Waals surface area contributed by atoms with Gasteiger partial charge in [-0.15, -0.1) is 0 Å². The van der Waals surface area contributed by atoms with Crippen LogP contribution in [0.1, 0.15) is 5.56 Å². The largest absolute Gasteiger partial charge is 0.502 e. The van der Waals surface area contributed by atoms with Crippen LogP contribution in [0.15, 0.2) is 17.2 Å². The van der Waals surface area contributed by atoms with Crippen LogP contribution < -0.4 is 20.6 Å². The first kappa shape index (κ1) is 12.6. The minimum Gasteiger partial charge on any atom is -0.502 e. The van der Waals surface area contributed by atoms with Crippen molar-refractivity contribution in [2.45, 2.75) is 0 Å². The molecule has 4 N–H and O–H groups in total. The summed E-state index contributed by atoms with van der Waals surface area (Å²) in [5.41, 5.74) is 7.46. The van der Waals surface area contributed by atoms with Gasteiger partial charge in [-0.25, -0.2) is 10.2 Å². The van der Waals surface area contributed by atoms with E-state index in [4.69, 9.17) is 15.2 Å². The molecule has 0 unspecified atom stereocenters. The highest BCUT2D eigenvalue weighted by Crippen LogP contribution is 2.36. The normalized spacial score (nSPS) is 10.2. The molecule has 0 saturated heterocycles. The van der Waals surface area contributed by atoms with Gasteiger partial charge in [0.2, 0.25) is 5.75 Å². The molecule has 0 bridgehead atoms. The molecule has 0 aromatic heterocycles. The average molecular weight is 239 g/mol. The summed E-state index contributed by atoms with van der Waals surface area (Å²) < 4.78 is 9.90. The molecule has 1 aromatic rings. The molecular formula is C10H13N3O4. The Morgan fingerprint density at radius 3 is 2.35 bits per heavy atom. The van der Waals surface area contributed by atoms with Crippen molar-refractivity contribution >= 4 is 12.2 Å². The zero-order chi connectivity index (χ0) is 12.8. The molecule has 92 valence electrons. The lowest BCUT2D eigenvalue weighted by Gasteiger charge is -2.09. The van der Waals surface area contributed by atoms with E-state index in [1.165, 1.54) is 32.6 Å². The number of phenolic OH excluding ortho intramolecular Hbond substituents is 1. The summed E-state index contributed by atoms with van der Waals surface area (Å²) >= 11 is 0. The van der Waals surface area contributed by atoms with Crippen LogP contribution >= 0.6 is 0 Å². The number of rotatable bonds is 4. The number of carbonyl (C=O) groups is 1. The molecule has 0 aliphatic heterocycles. The fourth-order valence-electron chi connectivity index (χ4n) is 1.16. The molecule has 0 fully saturated rings. The summed E-state index contributed by atoms with van der Waals surface area (Å²) in [4.78, 5) is 10.4. The number of methoxy groups -OCH3 is 2. The maximum absolute atomic E-state index is 10.4. The Labute approximate surface area is 97.8 Å². The van der Waals surface area contributed by atoms with Gasteiger partial charge in [0, 0.05) is 5.56 Å². The standard InChI is InChI=1S/C10H13N3O4/c1-16-7-3-6(5-12-13-10(11)15)4-8(17-2)9(7)14/h3-5,14H,1-2H3,(H3,11,13,15)/b12-5+. The Kier molecular flexibility index (Phi) is 4.15. The molecule has 0 radical (unpaired) electrons. The molecule has 0 saturated carbocycles. The van der Waals surface area contributed by atoms with Crippen LogP contribution in [0, 0.1) is 0 Å². The van der Waals surface area contributed by atoms with Gasteiger partial charge in [-0.1, -0.05) is 0 Å². The number of nitrogens with two attached hydrogens (primary N) is 1. The zero-order valence-electron chi connectivity index (χ0n) is 9.43. The summed E-state index contributed by atoms with van der Waals surface area (Å²) in [5, 5.41) is 13.2. The molecule has 0 atom stereocenters. The van der Waals surface area contributed by atoms with Crippen molar-refractivity contribution in [3.05, 3.63) is 17.7 Å². The highest BCUT2D eigenvalue weighted by atomic mass is 16.5. The third-order valence-corrected chi connectivity index (χ3v) is 1.89. The molecule has 0 heterocycles. The second-order valence-corrected chi connectivity index (χ2v) is 3.01. The van der Waals surface area contributed by atoms with Crippen LogP contribution in [-0.4, -0.2) is 31.6 Å². The first-order chi connectivity index (χ1) is 8.08. The van der Waals surface area contributed by atoms with Crippen LogP contribution in [0.4, 0.5) is 4.79 Å². The fraction of sp³-hybridized carbons (Fsp3) is 0.200. The van der Waals surface area contributed by atoms with Gasteiger partial charge in [0.25, 0.3) is 0 Å². The van der Waals surface area contributed by atoms with E-state index in [2.05, 4.69) is 5.10 Å². The summed E-state index contributed by atoms with van der Waals surface area (Å²) in [6, 6.07) is 2.30. The number of benzene rings is 1. The van der Waals surface area contributed by atoms with Crippen LogP contribution in [0.2, 0.25) is 0 Å². The number of urea groups is 1. The molecule has 1 aromatic carbocycles. The number of primary amides is 1. The monoisotopic (exact) mass is 239 g/mol. The van der Waals surface area contributed by atoms with Gasteiger partial charge in [0.15, 0.2) is 11.5 Å². The Balaban J connectivity index is 3.00. The first-order valence-corrected chi connectivity index (χ1v) is 4.62.